The van der Waals surface area contributed by atoms with E-state index in [9.17, 15) is 18.0 Å². The lowest BCUT2D eigenvalue weighted by molar-refractivity contribution is -0.146. The van der Waals surface area contributed by atoms with Crippen molar-refractivity contribution in [2.24, 2.45) is 5.92 Å². The van der Waals surface area contributed by atoms with Crippen molar-refractivity contribution in [1.82, 2.24) is 0 Å². The molecule has 0 fully saturated rings. The van der Waals surface area contributed by atoms with Crippen LogP contribution in [0.25, 0.3) is 0 Å². The molecule has 7 nitrogen and oxygen atoms in total. The molecule has 0 heterocycles. The highest BCUT2D eigenvalue weighted by atomic mass is 32.2. The zero-order valence-electron chi connectivity index (χ0n) is 13.9. The second kappa shape index (κ2) is 12.9. The summed E-state index contributed by atoms with van der Waals surface area (Å²) in [5, 5.41) is 17.5. The molecule has 24 heavy (non-hydrogen) atoms. The van der Waals surface area contributed by atoms with Gasteiger partial charge in [0.2, 0.25) is 0 Å². The van der Waals surface area contributed by atoms with E-state index in [1.54, 1.807) is 6.08 Å². The van der Waals surface area contributed by atoms with Crippen LogP contribution in [0.2, 0.25) is 0 Å². The highest BCUT2D eigenvalue weighted by Crippen LogP contribution is 2.12. The van der Waals surface area contributed by atoms with Gasteiger partial charge >= 0.3 is 11.9 Å². The fraction of sp³-hybridized carbons (Fsp3) is 0.750. The molecule has 0 aliphatic rings. The first-order valence-corrected chi connectivity index (χ1v) is 9.89. The Hall–Kier alpha value is -1.41. The van der Waals surface area contributed by atoms with Crippen molar-refractivity contribution in [3.63, 3.8) is 0 Å². The second-order valence-corrected chi connectivity index (χ2v) is 7.45. The van der Waals surface area contributed by atoms with Gasteiger partial charge in [-0.05, 0) is 19.3 Å². The van der Waals surface area contributed by atoms with E-state index in [2.05, 4.69) is 0 Å². The summed E-state index contributed by atoms with van der Waals surface area (Å²) in [5.74, 6) is -3.38. The Balaban J connectivity index is 3.54. The van der Waals surface area contributed by atoms with Crippen LogP contribution in [0.5, 0.6) is 0 Å². The van der Waals surface area contributed by atoms with Gasteiger partial charge in [0, 0.05) is 0 Å². The molecule has 1 atom stereocenters. The van der Waals surface area contributed by atoms with E-state index in [1.807, 2.05) is 0 Å². The number of carboxylic acid groups (broad SMARTS) is 2. The summed E-state index contributed by atoms with van der Waals surface area (Å²) < 4.78 is 29.6. The molecule has 1 unspecified atom stereocenters. The van der Waals surface area contributed by atoms with Crippen LogP contribution in [0.4, 0.5) is 0 Å². The summed E-state index contributed by atoms with van der Waals surface area (Å²) >= 11 is 0. The maximum Gasteiger partial charge on any atom is 0.310 e. The number of allylic oxidation sites excluding steroid dienone is 1. The summed E-state index contributed by atoms with van der Waals surface area (Å²) in [5.41, 5.74) is 0. The molecule has 0 aliphatic heterocycles. The van der Waals surface area contributed by atoms with E-state index in [0.29, 0.717) is 6.42 Å². The van der Waals surface area contributed by atoms with Gasteiger partial charge in [0.1, 0.15) is 0 Å². The van der Waals surface area contributed by atoms with Crippen LogP contribution in [-0.2, 0) is 19.7 Å². The molecule has 0 rings (SSSR count). The zero-order chi connectivity index (χ0) is 18.4. The largest absolute Gasteiger partial charge is 0.481 e. The second-order valence-electron chi connectivity index (χ2n) is 5.87. The number of unbranched alkanes of at least 4 members (excludes halogenated alkanes) is 8. The van der Waals surface area contributed by atoms with Gasteiger partial charge < -0.3 is 10.2 Å². The van der Waals surface area contributed by atoms with Gasteiger partial charge in [0.05, 0.1) is 18.1 Å². The number of hydrogen-bond acceptors (Lipinski definition) is 4. The Bertz CT molecular complexity index is 497. The summed E-state index contributed by atoms with van der Waals surface area (Å²) in [7, 11) is -3.83. The van der Waals surface area contributed by atoms with Gasteiger partial charge in [-0.15, -0.1) is 0 Å². The molecule has 0 saturated heterocycles. The van der Waals surface area contributed by atoms with E-state index >= 15 is 0 Å². The Labute approximate surface area is 143 Å². The maximum absolute atomic E-state index is 10.8. The van der Waals surface area contributed by atoms with Crippen molar-refractivity contribution < 1.29 is 32.8 Å². The van der Waals surface area contributed by atoms with Crippen molar-refractivity contribution >= 4 is 22.1 Å². The van der Waals surface area contributed by atoms with Crippen molar-refractivity contribution in [1.29, 1.82) is 0 Å². The number of carboxylic acids is 2. The lowest BCUT2D eigenvalue weighted by Gasteiger charge is -2.03. The van der Waals surface area contributed by atoms with E-state index < -0.39 is 34.4 Å². The molecule has 3 N–H and O–H groups in total. The third kappa shape index (κ3) is 15.5. The minimum atomic E-state index is -3.83. The van der Waals surface area contributed by atoms with E-state index in [4.69, 9.17) is 14.8 Å². The predicted molar refractivity (Wildman–Crippen MR) is 90.5 cm³/mol. The molecule has 0 bridgehead atoms. The monoisotopic (exact) mass is 364 g/mol. The molecular weight excluding hydrogens is 336 g/mol. The van der Waals surface area contributed by atoms with Gasteiger partial charge in [-0.2, -0.15) is 8.42 Å². The predicted octanol–water partition coefficient (Wildman–Crippen LogP) is 3.12. The van der Waals surface area contributed by atoms with Crippen molar-refractivity contribution in [3.05, 3.63) is 12.2 Å². The molecule has 0 saturated carbocycles. The number of aliphatic carboxylic acids is 2. The highest BCUT2D eigenvalue weighted by Gasteiger charge is 2.17. The SMILES string of the molecule is O=C(O)CC(C=CCCCCCCCCCCS(=O)(=O)O)C(=O)O. The van der Waals surface area contributed by atoms with Gasteiger partial charge in [-0.25, -0.2) is 0 Å². The zero-order valence-corrected chi connectivity index (χ0v) is 14.7. The van der Waals surface area contributed by atoms with Crippen molar-refractivity contribution in [3.8, 4) is 0 Å². The van der Waals surface area contributed by atoms with Crippen LogP contribution in [0.1, 0.15) is 64.2 Å². The summed E-state index contributed by atoms with van der Waals surface area (Å²) in [4.78, 5) is 21.4. The Morgan fingerprint density at radius 1 is 0.875 bits per heavy atom. The van der Waals surface area contributed by atoms with Gasteiger partial charge in [-0.1, -0.05) is 50.7 Å². The highest BCUT2D eigenvalue weighted by molar-refractivity contribution is 7.85. The van der Waals surface area contributed by atoms with E-state index in [0.717, 1.165) is 51.4 Å². The quantitative estimate of drug-likeness (QED) is 0.231. The molecule has 140 valence electrons. The summed E-state index contributed by atoms with van der Waals surface area (Å²) in [6.45, 7) is 0. The molecule has 0 amide bonds. The van der Waals surface area contributed by atoms with Crippen LogP contribution >= 0.6 is 0 Å². The lowest BCUT2D eigenvalue weighted by Crippen LogP contribution is -2.15. The fourth-order valence-corrected chi connectivity index (χ4v) is 2.86. The third-order valence-corrected chi connectivity index (χ3v) is 4.41. The average molecular weight is 364 g/mol. The standard InChI is InChI=1S/C16H28O7S/c17-15(18)13-14(16(19)20)11-9-7-5-3-1-2-4-6-8-10-12-24(21,22)23/h9,11,14H,1-8,10,12-13H2,(H,17,18)(H,19,20)(H,21,22,23). The van der Waals surface area contributed by atoms with Gasteiger partial charge in [-0.3, -0.25) is 14.1 Å². The molecule has 0 aromatic rings. The maximum atomic E-state index is 10.8. The Morgan fingerprint density at radius 3 is 1.83 bits per heavy atom. The number of carbonyl (C=O) groups is 2. The van der Waals surface area contributed by atoms with E-state index in [-0.39, 0.29) is 5.75 Å². The molecule has 0 aliphatic carbocycles. The third-order valence-electron chi connectivity index (χ3n) is 3.60. The first-order chi connectivity index (χ1) is 11.2. The molecular formula is C16H28O7S. The van der Waals surface area contributed by atoms with Gasteiger partial charge in [0.15, 0.2) is 0 Å². The summed E-state index contributed by atoms with van der Waals surface area (Å²) in [6, 6.07) is 0. The Kier molecular flexibility index (Phi) is 12.2. The van der Waals surface area contributed by atoms with Crippen LogP contribution in [-0.4, -0.2) is 40.9 Å². The van der Waals surface area contributed by atoms with E-state index in [1.165, 1.54) is 6.08 Å². The summed E-state index contributed by atoms with van der Waals surface area (Å²) in [6.07, 6.45) is 10.9. The minimum absolute atomic E-state index is 0.168. The minimum Gasteiger partial charge on any atom is -0.481 e. The molecule has 8 heteroatoms. The van der Waals surface area contributed by atoms with Crippen LogP contribution < -0.4 is 0 Å². The van der Waals surface area contributed by atoms with Crippen LogP contribution in [0.3, 0.4) is 0 Å². The molecule has 0 spiro atoms. The Morgan fingerprint density at radius 2 is 1.38 bits per heavy atom. The number of hydrogen-bond donors (Lipinski definition) is 3. The van der Waals surface area contributed by atoms with Crippen LogP contribution in [0, 0.1) is 5.92 Å². The lowest BCUT2D eigenvalue weighted by atomic mass is 10.0. The van der Waals surface area contributed by atoms with Crippen molar-refractivity contribution in [2.45, 2.75) is 64.2 Å². The smallest absolute Gasteiger partial charge is 0.310 e. The fourth-order valence-electron chi connectivity index (χ4n) is 2.29. The normalized spacial score (nSPS) is 13.2. The molecule has 0 aromatic heterocycles. The first-order valence-electron chi connectivity index (χ1n) is 8.29. The molecule has 0 radical (unpaired) electrons. The number of rotatable bonds is 15. The van der Waals surface area contributed by atoms with Gasteiger partial charge in [0.25, 0.3) is 10.1 Å². The average Bonchev–Trinajstić information content (AvgIpc) is 2.45. The van der Waals surface area contributed by atoms with Crippen molar-refractivity contribution in [2.75, 3.05) is 5.75 Å². The topological polar surface area (TPSA) is 129 Å². The molecule has 0 aromatic carbocycles. The first kappa shape index (κ1) is 22.6. The van der Waals surface area contributed by atoms with Crippen LogP contribution in [0.15, 0.2) is 12.2 Å².